The highest BCUT2D eigenvalue weighted by atomic mass is 16.5. The summed E-state index contributed by atoms with van der Waals surface area (Å²) in [6, 6.07) is 11.9. The fourth-order valence-electron chi connectivity index (χ4n) is 3.36. The number of ether oxygens (including phenoxy) is 4. The van der Waals surface area contributed by atoms with Crippen LogP contribution in [0.25, 0.3) is 0 Å². The highest BCUT2D eigenvalue weighted by molar-refractivity contribution is 5.88. The van der Waals surface area contributed by atoms with Gasteiger partial charge in [0.2, 0.25) is 5.91 Å². The first-order chi connectivity index (χ1) is 16.3. The molecule has 2 rings (SSSR count). The summed E-state index contributed by atoms with van der Waals surface area (Å²) >= 11 is 0. The lowest BCUT2D eigenvalue weighted by Crippen LogP contribution is -2.50. The normalized spacial score (nSPS) is 11.5. The standard InChI is InChI=1S/C26H36N2O6/c1-7-24(26(30)27-15-18(2)3)28(16-19-8-10-20(31-4)11-9-19)25(29)17-34-23-13-21(32-5)12-22(14-23)33-6/h8-14,18,24H,7,15-17H2,1-6H3,(H,27,30). The monoisotopic (exact) mass is 472 g/mol. The maximum atomic E-state index is 13.3. The molecule has 34 heavy (non-hydrogen) atoms. The van der Waals surface area contributed by atoms with Gasteiger partial charge >= 0.3 is 0 Å². The number of carbonyl (C=O) groups excluding carboxylic acids is 2. The Labute approximate surface area is 202 Å². The molecule has 0 radical (unpaired) electrons. The van der Waals surface area contributed by atoms with Crippen LogP contribution in [0.5, 0.6) is 23.0 Å². The van der Waals surface area contributed by atoms with E-state index in [1.807, 2.05) is 45.0 Å². The Hall–Kier alpha value is -3.42. The predicted octanol–water partition coefficient (Wildman–Crippen LogP) is 3.67. The van der Waals surface area contributed by atoms with Crippen LogP contribution in [0.4, 0.5) is 0 Å². The highest BCUT2D eigenvalue weighted by Gasteiger charge is 2.29. The predicted molar refractivity (Wildman–Crippen MR) is 131 cm³/mol. The Balaban J connectivity index is 2.23. The van der Waals surface area contributed by atoms with Gasteiger partial charge in [0.25, 0.3) is 5.91 Å². The number of hydrogen-bond donors (Lipinski definition) is 1. The van der Waals surface area contributed by atoms with Crippen molar-refractivity contribution in [2.24, 2.45) is 5.92 Å². The topological polar surface area (TPSA) is 86.3 Å². The van der Waals surface area contributed by atoms with Crippen molar-refractivity contribution < 1.29 is 28.5 Å². The lowest BCUT2D eigenvalue weighted by Gasteiger charge is -2.31. The van der Waals surface area contributed by atoms with E-state index in [9.17, 15) is 9.59 Å². The maximum Gasteiger partial charge on any atom is 0.261 e. The minimum atomic E-state index is -0.628. The molecule has 8 heteroatoms. The molecule has 8 nitrogen and oxygen atoms in total. The van der Waals surface area contributed by atoms with E-state index in [1.54, 1.807) is 44.4 Å². The molecule has 1 unspecified atom stereocenters. The van der Waals surface area contributed by atoms with E-state index in [0.717, 1.165) is 11.3 Å². The zero-order chi connectivity index (χ0) is 25.1. The molecule has 0 bridgehead atoms. The van der Waals surface area contributed by atoms with Gasteiger partial charge in [0.05, 0.1) is 21.3 Å². The van der Waals surface area contributed by atoms with Crippen LogP contribution in [0.1, 0.15) is 32.8 Å². The Morgan fingerprint density at radius 2 is 1.44 bits per heavy atom. The van der Waals surface area contributed by atoms with Gasteiger partial charge in [-0.15, -0.1) is 0 Å². The molecule has 1 atom stereocenters. The third kappa shape index (κ3) is 7.86. The average molecular weight is 473 g/mol. The van der Waals surface area contributed by atoms with Crippen molar-refractivity contribution in [3.63, 3.8) is 0 Å². The van der Waals surface area contributed by atoms with E-state index in [0.29, 0.717) is 36.1 Å². The number of rotatable bonds is 13. The van der Waals surface area contributed by atoms with E-state index < -0.39 is 6.04 Å². The number of amides is 2. The Morgan fingerprint density at radius 3 is 1.94 bits per heavy atom. The highest BCUT2D eigenvalue weighted by Crippen LogP contribution is 2.27. The van der Waals surface area contributed by atoms with Crippen molar-refractivity contribution in [3.05, 3.63) is 48.0 Å². The first-order valence-corrected chi connectivity index (χ1v) is 11.4. The molecule has 2 aromatic rings. The van der Waals surface area contributed by atoms with Gasteiger partial charge in [-0.05, 0) is 30.0 Å². The van der Waals surface area contributed by atoms with Crippen molar-refractivity contribution in [1.29, 1.82) is 0 Å². The van der Waals surface area contributed by atoms with E-state index in [-0.39, 0.29) is 25.0 Å². The molecule has 0 heterocycles. The van der Waals surface area contributed by atoms with Crippen molar-refractivity contribution in [3.8, 4) is 23.0 Å². The first kappa shape index (κ1) is 26.8. The molecule has 0 aliphatic rings. The number of carbonyl (C=O) groups is 2. The molecule has 0 aliphatic heterocycles. The Bertz CT molecular complexity index is 907. The van der Waals surface area contributed by atoms with Crippen LogP contribution < -0.4 is 24.3 Å². The molecule has 0 fully saturated rings. The summed E-state index contributed by atoms with van der Waals surface area (Å²) in [4.78, 5) is 27.9. The second-order valence-corrected chi connectivity index (χ2v) is 8.27. The summed E-state index contributed by atoms with van der Waals surface area (Å²) in [5.41, 5.74) is 0.882. The van der Waals surface area contributed by atoms with Crippen LogP contribution in [0, 0.1) is 5.92 Å². The van der Waals surface area contributed by atoms with Gasteiger partial charge in [-0.1, -0.05) is 32.9 Å². The number of benzene rings is 2. The minimum Gasteiger partial charge on any atom is -0.497 e. The van der Waals surface area contributed by atoms with Gasteiger partial charge < -0.3 is 29.2 Å². The zero-order valence-electron chi connectivity index (χ0n) is 20.9. The number of hydrogen-bond acceptors (Lipinski definition) is 6. The number of nitrogens with zero attached hydrogens (tertiary/aromatic N) is 1. The molecule has 0 saturated carbocycles. The number of nitrogens with one attached hydrogen (secondary N) is 1. The fourth-order valence-corrected chi connectivity index (χ4v) is 3.36. The second kappa shape index (κ2) is 13.3. The van der Waals surface area contributed by atoms with Gasteiger partial charge in [-0.25, -0.2) is 0 Å². The molecule has 0 saturated heterocycles. The van der Waals surface area contributed by atoms with Gasteiger partial charge in [0, 0.05) is 31.3 Å². The molecule has 1 N–H and O–H groups in total. The van der Waals surface area contributed by atoms with Crippen molar-refractivity contribution in [1.82, 2.24) is 10.2 Å². The molecule has 0 aromatic heterocycles. The zero-order valence-corrected chi connectivity index (χ0v) is 20.9. The summed E-state index contributed by atoms with van der Waals surface area (Å²) in [7, 11) is 4.69. The van der Waals surface area contributed by atoms with Crippen LogP contribution in [0.15, 0.2) is 42.5 Å². The first-order valence-electron chi connectivity index (χ1n) is 11.4. The Kier molecular flexibility index (Phi) is 10.5. The molecule has 0 spiro atoms. The van der Waals surface area contributed by atoms with E-state index >= 15 is 0 Å². The summed E-state index contributed by atoms with van der Waals surface area (Å²) in [6.45, 7) is 6.51. The molecular formula is C26H36N2O6. The van der Waals surface area contributed by atoms with Gasteiger partial charge in [0.1, 0.15) is 29.0 Å². The third-order valence-electron chi connectivity index (χ3n) is 5.27. The lowest BCUT2D eigenvalue weighted by atomic mass is 10.1. The van der Waals surface area contributed by atoms with Gasteiger partial charge in [-0.2, -0.15) is 0 Å². The van der Waals surface area contributed by atoms with Crippen LogP contribution in [-0.2, 0) is 16.1 Å². The van der Waals surface area contributed by atoms with E-state index in [4.69, 9.17) is 18.9 Å². The summed E-state index contributed by atoms with van der Waals surface area (Å²) in [5.74, 6) is 2.08. The van der Waals surface area contributed by atoms with Crippen molar-refractivity contribution in [2.75, 3.05) is 34.5 Å². The average Bonchev–Trinajstić information content (AvgIpc) is 2.85. The van der Waals surface area contributed by atoms with Crippen molar-refractivity contribution >= 4 is 11.8 Å². The quantitative estimate of drug-likeness (QED) is 0.479. The van der Waals surface area contributed by atoms with Gasteiger partial charge in [-0.3, -0.25) is 9.59 Å². The number of methoxy groups -OCH3 is 3. The van der Waals surface area contributed by atoms with Crippen LogP contribution in [-0.4, -0.2) is 57.2 Å². The largest absolute Gasteiger partial charge is 0.497 e. The fraction of sp³-hybridized carbons (Fsp3) is 0.462. The van der Waals surface area contributed by atoms with Crippen molar-refractivity contribution in [2.45, 2.75) is 39.8 Å². The molecular weight excluding hydrogens is 436 g/mol. The molecule has 0 aliphatic carbocycles. The van der Waals surface area contributed by atoms with Crippen LogP contribution >= 0.6 is 0 Å². The van der Waals surface area contributed by atoms with E-state index in [1.165, 1.54) is 0 Å². The summed E-state index contributed by atoms with van der Waals surface area (Å²) in [6.07, 6.45) is 0.471. The van der Waals surface area contributed by atoms with E-state index in [2.05, 4.69) is 5.32 Å². The summed E-state index contributed by atoms with van der Waals surface area (Å²) in [5, 5.41) is 2.95. The lowest BCUT2D eigenvalue weighted by molar-refractivity contribution is -0.143. The molecule has 2 amide bonds. The molecule has 186 valence electrons. The minimum absolute atomic E-state index is 0.180. The maximum absolute atomic E-state index is 13.3. The third-order valence-corrected chi connectivity index (χ3v) is 5.27. The van der Waals surface area contributed by atoms with Gasteiger partial charge in [0.15, 0.2) is 6.61 Å². The smallest absolute Gasteiger partial charge is 0.261 e. The summed E-state index contributed by atoms with van der Waals surface area (Å²) < 4.78 is 21.5. The van der Waals surface area contributed by atoms with Crippen LogP contribution in [0.3, 0.4) is 0 Å². The SMILES string of the molecule is CCC(C(=O)NCC(C)C)N(Cc1ccc(OC)cc1)C(=O)COc1cc(OC)cc(OC)c1. The van der Waals surface area contributed by atoms with Crippen LogP contribution in [0.2, 0.25) is 0 Å². The Morgan fingerprint density at radius 1 is 0.882 bits per heavy atom. The molecule has 2 aromatic carbocycles. The second-order valence-electron chi connectivity index (χ2n) is 8.27.